The van der Waals surface area contributed by atoms with Gasteiger partial charge in [-0.15, -0.1) is 0 Å². The Bertz CT molecular complexity index is 2260. The summed E-state index contributed by atoms with van der Waals surface area (Å²) in [7, 11) is 0. The molecule has 1 unspecified atom stereocenters. The number of anilines is 2. The average Bonchev–Trinajstić information content (AvgIpc) is 4.08. The number of hydrogen-bond acceptors (Lipinski definition) is 11. The van der Waals surface area contributed by atoms with Crippen LogP contribution >= 0.6 is 0 Å². The van der Waals surface area contributed by atoms with Gasteiger partial charge in [0.15, 0.2) is 17.9 Å². The van der Waals surface area contributed by atoms with Gasteiger partial charge in [-0.3, -0.25) is 19.2 Å². The Kier molecular flexibility index (Phi) is 17.3. The van der Waals surface area contributed by atoms with E-state index in [0.29, 0.717) is 42.5 Å². The van der Waals surface area contributed by atoms with Crippen molar-refractivity contribution in [2.24, 2.45) is 0 Å². The fraction of sp³-hybridized carbons (Fsp3) is 0.532. The van der Waals surface area contributed by atoms with E-state index < -0.39 is 46.4 Å². The predicted octanol–water partition coefficient (Wildman–Crippen LogP) is 9.36. The molecule has 2 aromatic heterocycles. The van der Waals surface area contributed by atoms with E-state index in [1.54, 1.807) is 26.0 Å². The van der Waals surface area contributed by atoms with Crippen LogP contribution in [0.2, 0.25) is 0 Å². The Morgan fingerprint density at radius 1 is 0.682 bits per heavy atom. The van der Waals surface area contributed by atoms with Crippen molar-refractivity contribution in [2.45, 2.75) is 142 Å². The van der Waals surface area contributed by atoms with Gasteiger partial charge >= 0.3 is 12.4 Å². The van der Waals surface area contributed by atoms with Crippen molar-refractivity contribution in [3.63, 3.8) is 0 Å². The smallest absolute Gasteiger partial charge is 0.395 e. The molecule has 0 spiro atoms. The van der Waals surface area contributed by atoms with Crippen LogP contribution in [-0.2, 0) is 64.7 Å². The molecule has 3 aliphatic heterocycles. The van der Waals surface area contributed by atoms with Crippen LogP contribution in [0.1, 0.15) is 122 Å². The average molecular weight is 937 g/mol. The highest BCUT2D eigenvalue weighted by atomic mass is 19.4. The summed E-state index contributed by atoms with van der Waals surface area (Å²) in [5.41, 5.74) is -1.08. The van der Waals surface area contributed by atoms with Crippen LogP contribution in [0.15, 0.2) is 69.7 Å². The van der Waals surface area contributed by atoms with Gasteiger partial charge in [0.05, 0.1) is 60.7 Å². The summed E-state index contributed by atoms with van der Waals surface area (Å²) in [6, 6.07) is 10.2. The minimum atomic E-state index is -4.48. The molecule has 3 fully saturated rings. The van der Waals surface area contributed by atoms with Gasteiger partial charge in [-0.25, -0.2) is 0 Å². The number of ketones is 2. The molecule has 3 aliphatic rings. The molecule has 0 saturated carbocycles. The highest BCUT2D eigenvalue weighted by Crippen LogP contribution is 2.36. The Hall–Kier alpha value is -5.40. The first-order valence-corrected chi connectivity index (χ1v) is 20.9. The molecule has 4 aromatic rings. The van der Waals surface area contributed by atoms with Crippen LogP contribution in [-0.4, -0.2) is 77.0 Å². The number of Topliss-reactive ketones (excluding diaryl/α,β-unsaturated/α-hetero) is 2. The number of aliphatic hydroxyl groups is 1. The quantitative estimate of drug-likeness (QED) is 0.120. The second-order valence-corrected chi connectivity index (χ2v) is 17.4. The second kappa shape index (κ2) is 21.5. The molecule has 362 valence electrons. The fourth-order valence-electron chi connectivity index (χ4n) is 7.56. The minimum absolute atomic E-state index is 0. The van der Waals surface area contributed by atoms with Crippen LogP contribution in [0, 0.1) is 0 Å². The van der Waals surface area contributed by atoms with E-state index in [9.17, 15) is 50.6 Å². The topological polar surface area (TPSA) is 166 Å². The molecule has 0 radical (unpaired) electrons. The maximum Gasteiger partial charge on any atom is 0.416 e. The fourth-order valence-corrected chi connectivity index (χ4v) is 7.56. The number of carbonyl (C=O) groups excluding carboxylic acids is 4. The van der Waals surface area contributed by atoms with Gasteiger partial charge in [-0.2, -0.15) is 26.3 Å². The SMILES string of the molecule is C.C.CC(C)(CO)c1cc(CC(=O)[C@@H]2CCC(=O)N2c2ccc(C(F)(F)F)cc2)on1.CC(C)(COC1CCCCO1)c1cc(CC(=O)[C@@H]2CCC(=O)N2c2ccc(C(F)(F)F)cc2)on1. The molecule has 3 saturated heterocycles. The van der Waals surface area contributed by atoms with E-state index in [1.807, 2.05) is 13.8 Å². The molecule has 19 heteroatoms. The van der Waals surface area contributed by atoms with Crippen molar-refractivity contribution in [3.05, 3.63) is 94.7 Å². The molecule has 2 aromatic carbocycles. The molecule has 0 aliphatic carbocycles. The lowest BCUT2D eigenvalue weighted by molar-refractivity contribution is -0.170. The standard InChI is InChI=1S/C25H29F3N2O5.C20H21F3N2O4.2CH4/c1-24(2,15-34-23-5-3-4-12-33-23)21-14-18(35-29-21)13-20(31)19-10-11-22(32)30(19)17-8-6-16(7-9-17)25(26,27)28;1-19(2,11-26)17-10-14(29-24-17)9-16(27)15-7-8-18(28)25(15)13-5-3-12(4-6-13)20(21,22)23;;/h6-9,14,19,23H,3-5,10-13,15H2,1-2H3;3-6,10,15,26H,7-9,11H2,1-2H3;2*1H4/t19-,23?;15-;;/m00../s1. The van der Waals surface area contributed by atoms with Gasteiger partial charge in [0.2, 0.25) is 11.8 Å². The number of nitrogens with zero attached hydrogens (tertiary/aromatic N) is 4. The lowest BCUT2D eigenvalue weighted by Gasteiger charge is -2.28. The molecular formula is C47H58F6N4O9. The third kappa shape index (κ3) is 12.7. The summed E-state index contributed by atoms with van der Waals surface area (Å²) >= 11 is 0. The summed E-state index contributed by atoms with van der Waals surface area (Å²) in [6.45, 7) is 8.38. The first kappa shape index (κ1) is 53.2. The van der Waals surface area contributed by atoms with Crippen LogP contribution in [0.3, 0.4) is 0 Å². The van der Waals surface area contributed by atoms with Crippen LogP contribution in [0.25, 0.3) is 0 Å². The van der Waals surface area contributed by atoms with Crippen molar-refractivity contribution >= 4 is 34.8 Å². The van der Waals surface area contributed by atoms with Crippen LogP contribution in [0.4, 0.5) is 37.7 Å². The molecule has 13 nitrogen and oxygen atoms in total. The molecular weight excluding hydrogens is 879 g/mol. The maximum atomic E-state index is 13.1. The number of rotatable bonds is 14. The van der Waals surface area contributed by atoms with E-state index in [1.165, 1.54) is 34.1 Å². The van der Waals surface area contributed by atoms with Gasteiger partial charge in [-0.05, 0) is 80.6 Å². The Morgan fingerprint density at radius 3 is 1.48 bits per heavy atom. The van der Waals surface area contributed by atoms with Crippen molar-refractivity contribution in [3.8, 4) is 0 Å². The Labute approximate surface area is 379 Å². The van der Waals surface area contributed by atoms with Crippen molar-refractivity contribution in [2.75, 3.05) is 29.6 Å². The van der Waals surface area contributed by atoms with Crippen LogP contribution in [0.5, 0.6) is 0 Å². The van der Waals surface area contributed by atoms with E-state index in [-0.39, 0.29) is 94.6 Å². The highest BCUT2D eigenvalue weighted by molar-refractivity contribution is 6.05. The molecule has 0 bridgehead atoms. The largest absolute Gasteiger partial charge is 0.416 e. The third-order valence-electron chi connectivity index (χ3n) is 11.5. The summed E-state index contributed by atoms with van der Waals surface area (Å²) in [6.07, 6.45) is -5.57. The summed E-state index contributed by atoms with van der Waals surface area (Å²) < 4.78 is 99.0. The van der Waals surface area contributed by atoms with Gasteiger partial charge in [0.25, 0.3) is 0 Å². The van der Waals surface area contributed by atoms with Crippen molar-refractivity contribution in [1.82, 2.24) is 10.3 Å². The summed E-state index contributed by atoms with van der Waals surface area (Å²) in [5.74, 6) is -0.507. The molecule has 66 heavy (non-hydrogen) atoms. The highest BCUT2D eigenvalue weighted by Gasteiger charge is 2.40. The number of benzene rings is 2. The Morgan fingerprint density at radius 2 is 1.11 bits per heavy atom. The Balaban J connectivity index is 0.000000285. The van der Waals surface area contributed by atoms with Gasteiger partial charge in [-0.1, -0.05) is 52.9 Å². The zero-order valence-electron chi connectivity index (χ0n) is 35.8. The van der Waals surface area contributed by atoms with Gasteiger partial charge < -0.3 is 33.4 Å². The maximum absolute atomic E-state index is 13.1. The molecule has 2 amide bonds. The number of aromatic nitrogens is 2. The number of amides is 2. The zero-order chi connectivity index (χ0) is 46.6. The lowest BCUT2D eigenvalue weighted by Crippen LogP contribution is -2.39. The summed E-state index contributed by atoms with van der Waals surface area (Å²) in [4.78, 5) is 53.1. The zero-order valence-corrected chi connectivity index (χ0v) is 35.8. The van der Waals surface area contributed by atoms with Crippen LogP contribution < -0.4 is 9.80 Å². The second-order valence-electron chi connectivity index (χ2n) is 17.4. The van der Waals surface area contributed by atoms with E-state index >= 15 is 0 Å². The van der Waals surface area contributed by atoms with Crippen molar-refractivity contribution in [1.29, 1.82) is 0 Å². The van der Waals surface area contributed by atoms with E-state index in [0.717, 1.165) is 43.5 Å². The number of halogens is 6. The number of carbonyl (C=O) groups is 4. The number of alkyl halides is 6. The molecule has 1 N–H and O–H groups in total. The van der Waals surface area contributed by atoms with E-state index in [2.05, 4.69) is 10.3 Å². The normalized spacial score (nSPS) is 19.2. The van der Waals surface area contributed by atoms with Gasteiger partial charge in [0.1, 0.15) is 11.5 Å². The summed E-state index contributed by atoms with van der Waals surface area (Å²) in [5, 5.41) is 17.4. The van der Waals surface area contributed by atoms with Gasteiger partial charge in [0, 0.05) is 53.8 Å². The monoisotopic (exact) mass is 936 g/mol. The third-order valence-corrected chi connectivity index (χ3v) is 11.5. The molecule has 7 rings (SSSR count). The first-order chi connectivity index (χ1) is 30.1. The van der Waals surface area contributed by atoms with E-state index in [4.69, 9.17) is 18.5 Å². The minimum Gasteiger partial charge on any atom is -0.395 e. The number of aliphatic hydroxyl groups excluding tert-OH is 1. The number of hydrogen-bond donors (Lipinski definition) is 1. The number of ether oxygens (including phenoxy) is 2. The lowest BCUT2D eigenvalue weighted by atomic mass is 9.90. The molecule has 5 heterocycles. The predicted molar refractivity (Wildman–Crippen MR) is 230 cm³/mol. The van der Waals surface area contributed by atoms with Crippen molar-refractivity contribution < 1.29 is 69.1 Å². The first-order valence-electron chi connectivity index (χ1n) is 20.9. The molecule has 3 atom stereocenters.